The van der Waals surface area contributed by atoms with Crippen LogP contribution in [0.2, 0.25) is 0 Å². The molecule has 7 heteroatoms. The largest absolute Gasteiger partial charge is 0.377 e. The van der Waals surface area contributed by atoms with E-state index in [1.54, 1.807) is 18.2 Å². The number of amides is 1. The van der Waals surface area contributed by atoms with E-state index in [9.17, 15) is 9.18 Å². The standard InChI is InChI=1S/C30H29FN4O2/c31-26-4-2-1-3-24(26)28(18-5-6-18)32-30(36)20-9-14-27-25(15-20)29(34-33-27)19-7-10-21(11-8-19)35-22-12-13-23(35)17-37-16-22/h1-4,7-11,14-15,18,22-23,28H,5-6,12-13,16-17H2,(H,32,36)(H,33,34). The molecule has 1 aromatic heterocycles. The van der Waals surface area contributed by atoms with Crippen molar-refractivity contribution in [3.05, 3.63) is 83.7 Å². The van der Waals surface area contributed by atoms with Gasteiger partial charge in [-0.1, -0.05) is 30.3 Å². The van der Waals surface area contributed by atoms with E-state index in [-0.39, 0.29) is 23.7 Å². The number of ether oxygens (including phenoxy) is 1. The van der Waals surface area contributed by atoms with Crippen molar-refractivity contribution in [2.45, 2.75) is 43.8 Å². The van der Waals surface area contributed by atoms with Crippen LogP contribution in [0, 0.1) is 11.7 Å². The van der Waals surface area contributed by atoms with Gasteiger partial charge in [-0.25, -0.2) is 4.39 Å². The molecular weight excluding hydrogens is 467 g/mol. The first kappa shape index (κ1) is 22.5. The second-order valence-corrected chi connectivity index (χ2v) is 10.5. The highest BCUT2D eigenvalue weighted by atomic mass is 19.1. The second kappa shape index (κ2) is 8.99. The maximum Gasteiger partial charge on any atom is 0.251 e. The quantitative estimate of drug-likeness (QED) is 0.364. The fraction of sp³-hybridized carbons (Fsp3) is 0.333. The Morgan fingerprint density at radius 2 is 1.76 bits per heavy atom. The number of fused-ring (bicyclic) bond motifs is 3. The Bertz CT molecular complexity index is 1450. The summed E-state index contributed by atoms with van der Waals surface area (Å²) in [5.74, 6) is -0.206. The van der Waals surface area contributed by atoms with E-state index >= 15 is 0 Å². The first-order valence-electron chi connectivity index (χ1n) is 13.2. The number of hydrogen-bond donors (Lipinski definition) is 2. The van der Waals surface area contributed by atoms with Gasteiger partial charge in [0.25, 0.3) is 5.91 Å². The normalized spacial score (nSPS) is 21.8. The topological polar surface area (TPSA) is 70.2 Å². The lowest BCUT2D eigenvalue weighted by Gasteiger charge is -2.36. The number of morpholine rings is 1. The number of hydrogen-bond acceptors (Lipinski definition) is 4. The fourth-order valence-electron chi connectivity index (χ4n) is 6.05. The van der Waals surface area contributed by atoms with Crippen LogP contribution in [0.1, 0.15) is 47.6 Å². The van der Waals surface area contributed by atoms with Crippen molar-refractivity contribution in [1.29, 1.82) is 0 Å². The molecule has 2 N–H and O–H groups in total. The number of nitrogens with zero attached hydrogens (tertiary/aromatic N) is 2. The maximum absolute atomic E-state index is 14.5. The summed E-state index contributed by atoms with van der Waals surface area (Å²) in [7, 11) is 0. The number of benzene rings is 3. The molecule has 6 nitrogen and oxygen atoms in total. The minimum absolute atomic E-state index is 0.202. The molecule has 37 heavy (non-hydrogen) atoms. The maximum atomic E-state index is 14.5. The molecule has 3 aromatic carbocycles. The highest BCUT2D eigenvalue weighted by Gasteiger charge is 2.37. The van der Waals surface area contributed by atoms with Crippen LogP contribution in [0.15, 0.2) is 66.7 Å². The van der Waals surface area contributed by atoms with Gasteiger partial charge in [0.1, 0.15) is 5.82 Å². The number of rotatable bonds is 6. The first-order chi connectivity index (χ1) is 18.2. The summed E-state index contributed by atoms with van der Waals surface area (Å²) in [6.07, 6.45) is 4.35. The van der Waals surface area contributed by atoms with Gasteiger partial charge < -0.3 is 15.0 Å². The molecule has 3 atom stereocenters. The van der Waals surface area contributed by atoms with Crippen LogP contribution in [-0.4, -0.2) is 41.4 Å². The molecule has 1 aliphatic carbocycles. The summed E-state index contributed by atoms with van der Waals surface area (Å²) < 4.78 is 20.2. The molecule has 3 heterocycles. The molecule has 2 bridgehead atoms. The van der Waals surface area contributed by atoms with Crippen molar-refractivity contribution in [2.24, 2.45) is 5.92 Å². The van der Waals surface area contributed by atoms with Gasteiger partial charge >= 0.3 is 0 Å². The molecule has 3 aliphatic rings. The van der Waals surface area contributed by atoms with Gasteiger partial charge in [-0.2, -0.15) is 5.10 Å². The van der Waals surface area contributed by atoms with Crippen LogP contribution in [0.3, 0.4) is 0 Å². The molecule has 4 aromatic rings. The smallest absolute Gasteiger partial charge is 0.251 e. The van der Waals surface area contributed by atoms with Crippen LogP contribution in [-0.2, 0) is 4.74 Å². The Labute approximate surface area is 214 Å². The number of halogens is 1. The number of H-pyrrole nitrogens is 1. The van der Waals surface area contributed by atoms with Gasteiger partial charge in [0.15, 0.2) is 0 Å². The SMILES string of the molecule is O=C(NC(c1ccccc1F)C1CC1)c1ccc2[nH]nc(-c3ccc(N4C5CCC4COC5)cc3)c2c1. The summed E-state index contributed by atoms with van der Waals surface area (Å²) in [6, 6.07) is 21.4. The zero-order valence-corrected chi connectivity index (χ0v) is 20.5. The molecule has 7 rings (SSSR count). The van der Waals surface area contributed by atoms with E-state index < -0.39 is 0 Å². The first-order valence-corrected chi connectivity index (χ1v) is 13.2. The zero-order valence-electron chi connectivity index (χ0n) is 20.5. The van der Waals surface area contributed by atoms with Crippen LogP contribution in [0.4, 0.5) is 10.1 Å². The Hall–Kier alpha value is -3.71. The number of aromatic nitrogens is 2. The van der Waals surface area contributed by atoms with E-state index in [4.69, 9.17) is 4.74 Å². The summed E-state index contributed by atoms with van der Waals surface area (Å²) in [5.41, 5.74) is 4.99. The Morgan fingerprint density at radius 3 is 2.49 bits per heavy atom. The lowest BCUT2D eigenvalue weighted by molar-refractivity contribution is 0.0906. The number of carbonyl (C=O) groups excluding carboxylic acids is 1. The van der Waals surface area contributed by atoms with Crippen molar-refractivity contribution in [2.75, 3.05) is 18.1 Å². The van der Waals surface area contributed by atoms with Crippen LogP contribution >= 0.6 is 0 Å². The Kier molecular flexibility index (Phi) is 5.47. The minimum atomic E-state index is -0.323. The fourth-order valence-corrected chi connectivity index (χ4v) is 6.05. The molecule has 188 valence electrons. The summed E-state index contributed by atoms with van der Waals surface area (Å²) in [4.78, 5) is 15.8. The predicted molar refractivity (Wildman–Crippen MR) is 141 cm³/mol. The third-order valence-electron chi connectivity index (χ3n) is 8.12. The second-order valence-electron chi connectivity index (χ2n) is 10.5. The zero-order chi connectivity index (χ0) is 24.9. The number of carbonyl (C=O) groups is 1. The predicted octanol–water partition coefficient (Wildman–Crippen LogP) is 5.62. The summed E-state index contributed by atoms with van der Waals surface area (Å²) in [5, 5.41) is 11.7. The molecule has 0 radical (unpaired) electrons. The van der Waals surface area contributed by atoms with Gasteiger partial charge in [0.05, 0.1) is 42.5 Å². The Balaban J connectivity index is 1.15. The van der Waals surface area contributed by atoms with Crippen LogP contribution in [0.5, 0.6) is 0 Å². The number of nitrogens with one attached hydrogen (secondary N) is 2. The van der Waals surface area contributed by atoms with Gasteiger partial charge in [-0.3, -0.25) is 9.89 Å². The highest BCUT2D eigenvalue weighted by Crippen LogP contribution is 2.42. The summed E-state index contributed by atoms with van der Waals surface area (Å²) in [6.45, 7) is 1.59. The van der Waals surface area contributed by atoms with Crippen LogP contribution in [0.25, 0.3) is 22.2 Å². The van der Waals surface area contributed by atoms with Crippen molar-refractivity contribution in [1.82, 2.24) is 15.5 Å². The third kappa shape index (κ3) is 4.07. The van der Waals surface area contributed by atoms with Gasteiger partial charge in [0.2, 0.25) is 0 Å². The van der Waals surface area contributed by atoms with Crippen molar-refractivity contribution in [3.63, 3.8) is 0 Å². The van der Waals surface area contributed by atoms with Gasteiger partial charge in [-0.15, -0.1) is 0 Å². The van der Waals surface area contributed by atoms with Crippen molar-refractivity contribution < 1.29 is 13.9 Å². The Morgan fingerprint density at radius 1 is 1.00 bits per heavy atom. The molecular formula is C30H29FN4O2. The number of anilines is 1. The van der Waals surface area contributed by atoms with E-state index in [0.29, 0.717) is 23.2 Å². The lowest BCUT2D eigenvalue weighted by atomic mass is 10.0. The molecule has 0 spiro atoms. The highest BCUT2D eigenvalue weighted by molar-refractivity contribution is 6.01. The molecule has 3 unspecified atom stereocenters. The minimum Gasteiger partial charge on any atom is -0.377 e. The lowest BCUT2D eigenvalue weighted by Crippen LogP contribution is -2.45. The van der Waals surface area contributed by atoms with E-state index in [1.165, 1.54) is 24.6 Å². The third-order valence-corrected chi connectivity index (χ3v) is 8.12. The number of aromatic amines is 1. The van der Waals surface area contributed by atoms with Crippen molar-refractivity contribution >= 4 is 22.5 Å². The van der Waals surface area contributed by atoms with E-state index in [0.717, 1.165) is 48.2 Å². The summed E-state index contributed by atoms with van der Waals surface area (Å²) >= 11 is 0. The van der Waals surface area contributed by atoms with Gasteiger partial charge in [0, 0.05) is 27.8 Å². The molecule has 2 aliphatic heterocycles. The van der Waals surface area contributed by atoms with Gasteiger partial charge in [-0.05, 0) is 68.0 Å². The van der Waals surface area contributed by atoms with Crippen LogP contribution < -0.4 is 10.2 Å². The molecule has 2 saturated heterocycles. The molecule has 3 fully saturated rings. The molecule has 1 saturated carbocycles. The van der Waals surface area contributed by atoms with E-state index in [1.807, 2.05) is 18.2 Å². The monoisotopic (exact) mass is 496 g/mol. The average Bonchev–Trinajstić information content (AvgIpc) is 3.63. The van der Waals surface area contributed by atoms with E-state index in [2.05, 4.69) is 44.7 Å². The molecule has 1 amide bonds. The average molecular weight is 497 g/mol. The van der Waals surface area contributed by atoms with Crippen molar-refractivity contribution in [3.8, 4) is 11.3 Å².